The number of aromatic nitrogens is 2. The molecule has 1 aromatic heterocycles. The summed E-state index contributed by atoms with van der Waals surface area (Å²) in [4.78, 5) is 0. The number of rotatable bonds is 0. The molecule has 0 aliphatic heterocycles. The molecule has 1 heterocycles. The number of aryl methyl sites for hydroxylation is 1. The fourth-order valence-electron chi connectivity index (χ4n) is 0.345. The van der Waals surface area contributed by atoms with Crippen LogP contribution in [0.3, 0.4) is 0 Å². The average Bonchev–Trinajstić information content (AvgIpc) is 1.86. The first-order chi connectivity index (χ1) is 2.89. The zero-order chi connectivity index (χ0) is 4.41. The second kappa shape index (κ2) is 5.22. The van der Waals surface area contributed by atoms with Crippen molar-refractivity contribution in [1.29, 1.82) is 0 Å². The van der Waals surface area contributed by atoms with Crippen molar-refractivity contribution in [2.24, 2.45) is 7.05 Å². The van der Waals surface area contributed by atoms with E-state index in [1.54, 1.807) is 10.9 Å². The summed E-state index contributed by atoms with van der Waals surface area (Å²) >= 11 is 0. The Morgan fingerprint density at radius 3 is 2.25 bits per heavy atom. The zero-order valence-electron chi connectivity index (χ0n) is 5.13. The van der Waals surface area contributed by atoms with Gasteiger partial charge in [0.05, 0.1) is 0 Å². The van der Waals surface area contributed by atoms with Gasteiger partial charge in [-0.05, 0) is 6.07 Å². The first-order valence-corrected chi connectivity index (χ1v) is 1.83. The number of nitrogens with zero attached hydrogens (tertiary/aromatic N) is 2. The standard InChI is InChI=1S/C4H6N2.CH3.Hf/c1-6-4-2-3-5-6;;/h2-4H,1H3;1H3;/q;-1;. The maximum Gasteiger partial charge on any atom is 0.0489 e. The van der Waals surface area contributed by atoms with E-state index in [0.29, 0.717) is 0 Å². The van der Waals surface area contributed by atoms with E-state index in [4.69, 9.17) is 0 Å². The predicted molar refractivity (Wildman–Crippen MR) is 29.6 cm³/mol. The van der Waals surface area contributed by atoms with Gasteiger partial charge in [-0.1, -0.05) is 0 Å². The van der Waals surface area contributed by atoms with Crippen LogP contribution < -0.4 is 0 Å². The van der Waals surface area contributed by atoms with Crippen LogP contribution in [0.5, 0.6) is 0 Å². The number of hydrogen-bond acceptors (Lipinski definition) is 1. The Kier molecular flexibility index (Phi) is 7.15. The molecule has 1 rings (SSSR count). The minimum Gasteiger partial charge on any atom is -0.358 e. The Morgan fingerprint density at radius 1 is 1.50 bits per heavy atom. The second-order valence-electron chi connectivity index (χ2n) is 1.18. The van der Waals surface area contributed by atoms with Gasteiger partial charge in [-0.25, -0.2) is 0 Å². The quantitative estimate of drug-likeness (QED) is 0.507. The van der Waals surface area contributed by atoms with Gasteiger partial charge in [-0.2, -0.15) is 5.10 Å². The van der Waals surface area contributed by atoms with Gasteiger partial charge >= 0.3 is 0 Å². The Balaban J connectivity index is 0. The minimum atomic E-state index is 0. The minimum absolute atomic E-state index is 0. The van der Waals surface area contributed by atoms with Crippen LogP contribution in [0.2, 0.25) is 0 Å². The SMILES string of the molecule is Cn1cccn1.[CH3-].[Hf]. The summed E-state index contributed by atoms with van der Waals surface area (Å²) in [6.07, 6.45) is 3.64. The fourth-order valence-corrected chi connectivity index (χ4v) is 0.345. The molecule has 0 fully saturated rings. The van der Waals surface area contributed by atoms with Gasteiger partial charge in [0.2, 0.25) is 0 Å². The van der Waals surface area contributed by atoms with Crippen molar-refractivity contribution in [3.05, 3.63) is 25.9 Å². The first-order valence-electron chi connectivity index (χ1n) is 1.83. The van der Waals surface area contributed by atoms with Crippen molar-refractivity contribution < 1.29 is 25.8 Å². The Morgan fingerprint density at radius 2 is 2.12 bits per heavy atom. The molecule has 0 radical (unpaired) electrons. The van der Waals surface area contributed by atoms with Crippen molar-refractivity contribution in [1.82, 2.24) is 9.78 Å². The van der Waals surface area contributed by atoms with Crippen molar-refractivity contribution in [3.8, 4) is 0 Å². The van der Waals surface area contributed by atoms with Crippen LogP contribution in [0, 0.1) is 7.43 Å². The smallest absolute Gasteiger partial charge is 0.0489 e. The summed E-state index contributed by atoms with van der Waals surface area (Å²) in [6, 6.07) is 1.89. The topological polar surface area (TPSA) is 17.8 Å². The molecule has 2 nitrogen and oxygen atoms in total. The molecular formula is C5H9HfN2-. The summed E-state index contributed by atoms with van der Waals surface area (Å²) in [6.45, 7) is 0. The Bertz CT molecular complexity index is 114. The molecule has 0 atom stereocenters. The maximum atomic E-state index is 3.83. The summed E-state index contributed by atoms with van der Waals surface area (Å²) in [5.74, 6) is 0. The fraction of sp³-hybridized carbons (Fsp3) is 0.200. The van der Waals surface area contributed by atoms with Crippen LogP contribution in [-0.4, -0.2) is 9.78 Å². The molecule has 44 valence electrons. The molecular weight excluding hydrogens is 267 g/mol. The zero-order valence-corrected chi connectivity index (χ0v) is 8.72. The van der Waals surface area contributed by atoms with Crippen molar-refractivity contribution in [2.75, 3.05) is 0 Å². The van der Waals surface area contributed by atoms with Gasteiger partial charge in [0.15, 0.2) is 0 Å². The van der Waals surface area contributed by atoms with Gasteiger partial charge in [0.25, 0.3) is 0 Å². The normalized spacial score (nSPS) is 6.62. The Labute approximate surface area is 68.7 Å². The maximum absolute atomic E-state index is 3.83. The predicted octanol–water partition coefficient (Wildman–Crippen LogP) is 0.868. The molecule has 0 aromatic carbocycles. The van der Waals surface area contributed by atoms with E-state index < -0.39 is 0 Å². The molecule has 0 amide bonds. The van der Waals surface area contributed by atoms with Crippen LogP contribution in [0.15, 0.2) is 18.5 Å². The molecule has 3 heteroatoms. The molecule has 0 saturated carbocycles. The molecule has 8 heavy (non-hydrogen) atoms. The third-order valence-corrected chi connectivity index (χ3v) is 0.637. The molecule has 0 bridgehead atoms. The van der Waals surface area contributed by atoms with Crippen LogP contribution in [0.4, 0.5) is 0 Å². The molecule has 0 aliphatic carbocycles. The second-order valence-corrected chi connectivity index (χ2v) is 1.18. The summed E-state index contributed by atoms with van der Waals surface area (Å²) in [7, 11) is 1.89. The third-order valence-electron chi connectivity index (χ3n) is 0.637. The summed E-state index contributed by atoms with van der Waals surface area (Å²) in [5.41, 5.74) is 0. The van der Waals surface area contributed by atoms with E-state index >= 15 is 0 Å². The van der Waals surface area contributed by atoms with E-state index in [-0.39, 0.29) is 33.3 Å². The molecule has 0 saturated heterocycles. The van der Waals surface area contributed by atoms with Gasteiger partial charge in [-0.3, -0.25) is 4.68 Å². The molecule has 0 N–H and O–H groups in total. The van der Waals surface area contributed by atoms with E-state index in [0.717, 1.165) is 0 Å². The van der Waals surface area contributed by atoms with Crippen LogP contribution in [-0.2, 0) is 32.9 Å². The molecule has 1 aromatic rings. The summed E-state index contributed by atoms with van der Waals surface area (Å²) < 4.78 is 1.75. The molecule has 0 spiro atoms. The van der Waals surface area contributed by atoms with Gasteiger partial charge in [0, 0.05) is 45.3 Å². The Hall–Kier alpha value is 0.0801. The van der Waals surface area contributed by atoms with Crippen LogP contribution in [0.25, 0.3) is 0 Å². The van der Waals surface area contributed by atoms with Crippen molar-refractivity contribution >= 4 is 0 Å². The van der Waals surface area contributed by atoms with Crippen LogP contribution >= 0.6 is 0 Å². The third kappa shape index (κ3) is 3.13. The first kappa shape index (κ1) is 11.0. The molecule has 0 aliphatic rings. The average molecular weight is 276 g/mol. The van der Waals surface area contributed by atoms with E-state index in [1.165, 1.54) is 0 Å². The van der Waals surface area contributed by atoms with Gasteiger partial charge < -0.3 is 7.43 Å². The van der Waals surface area contributed by atoms with Gasteiger partial charge in [0.1, 0.15) is 0 Å². The largest absolute Gasteiger partial charge is 0.358 e. The molecule has 0 unspecified atom stereocenters. The van der Waals surface area contributed by atoms with Crippen LogP contribution in [0.1, 0.15) is 0 Å². The van der Waals surface area contributed by atoms with E-state index in [1.807, 2.05) is 19.3 Å². The summed E-state index contributed by atoms with van der Waals surface area (Å²) in [5, 5.41) is 3.83. The van der Waals surface area contributed by atoms with Gasteiger partial charge in [-0.15, -0.1) is 0 Å². The monoisotopic (exact) mass is 277 g/mol. The number of hydrogen-bond donors (Lipinski definition) is 0. The van der Waals surface area contributed by atoms with Crippen molar-refractivity contribution in [2.45, 2.75) is 0 Å². The van der Waals surface area contributed by atoms with E-state index in [9.17, 15) is 0 Å². The van der Waals surface area contributed by atoms with Crippen molar-refractivity contribution in [3.63, 3.8) is 0 Å². The van der Waals surface area contributed by atoms with E-state index in [2.05, 4.69) is 5.10 Å².